The first-order valence-corrected chi connectivity index (χ1v) is 6.53. The normalized spacial score (nSPS) is 20.9. The van der Waals surface area contributed by atoms with Gasteiger partial charge in [0.05, 0.1) is 24.0 Å². The number of aryl methyl sites for hydroxylation is 1. The van der Waals surface area contributed by atoms with Gasteiger partial charge >= 0.3 is 0 Å². The number of hydrogen-bond acceptors (Lipinski definition) is 3. The Balaban J connectivity index is 1.90. The molecule has 3 rings (SSSR count). The van der Waals surface area contributed by atoms with Gasteiger partial charge in [0, 0.05) is 19.6 Å². The summed E-state index contributed by atoms with van der Waals surface area (Å²) < 4.78 is 2.05. The second-order valence-electron chi connectivity index (χ2n) is 5.09. The number of rotatable bonds is 3. The molecule has 1 saturated heterocycles. The second-order valence-corrected chi connectivity index (χ2v) is 5.09. The molecule has 1 N–H and O–H groups in total. The van der Waals surface area contributed by atoms with E-state index in [1.807, 2.05) is 17.9 Å². The van der Waals surface area contributed by atoms with Crippen molar-refractivity contribution in [3.63, 3.8) is 0 Å². The van der Waals surface area contributed by atoms with E-state index in [-0.39, 0.29) is 6.61 Å². The Morgan fingerprint density at radius 1 is 1.44 bits per heavy atom. The fraction of sp³-hybridized carbons (Fsp3) is 0.500. The van der Waals surface area contributed by atoms with Gasteiger partial charge in [-0.2, -0.15) is 0 Å². The third-order valence-corrected chi connectivity index (χ3v) is 3.92. The highest BCUT2D eigenvalue weighted by Crippen LogP contribution is 2.23. The SMILES string of the molecule is Cn1cnc2c(CN3CCC[C@H]3CO)cccc21. The number of hydrogen-bond donors (Lipinski definition) is 1. The third-order valence-electron chi connectivity index (χ3n) is 3.92. The van der Waals surface area contributed by atoms with Crippen LogP contribution in [0.2, 0.25) is 0 Å². The smallest absolute Gasteiger partial charge is 0.0955 e. The molecule has 2 heterocycles. The molecule has 1 atom stereocenters. The Kier molecular flexibility index (Phi) is 3.06. The van der Waals surface area contributed by atoms with Crippen LogP contribution in [-0.2, 0) is 13.6 Å². The van der Waals surface area contributed by atoms with Crippen LogP contribution >= 0.6 is 0 Å². The van der Waals surface area contributed by atoms with Gasteiger partial charge in [0.2, 0.25) is 0 Å². The standard InChI is InChI=1S/C14H19N3O/c1-16-10-15-14-11(4-2-6-13(14)16)8-17-7-3-5-12(17)9-18/h2,4,6,10,12,18H,3,5,7-9H2,1H3/t12-/m0/s1. The number of aliphatic hydroxyl groups excluding tert-OH is 1. The lowest BCUT2D eigenvalue weighted by molar-refractivity contribution is 0.154. The Morgan fingerprint density at radius 2 is 2.33 bits per heavy atom. The number of benzene rings is 1. The number of nitrogens with zero attached hydrogens (tertiary/aromatic N) is 3. The molecule has 1 aliphatic rings. The average Bonchev–Trinajstić information content (AvgIpc) is 2.98. The average molecular weight is 245 g/mol. The van der Waals surface area contributed by atoms with Crippen molar-refractivity contribution in [2.75, 3.05) is 13.2 Å². The van der Waals surface area contributed by atoms with E-state index >= 15 is 0 Å². The van der Waals surface area contributed by atoms with E-state index < -0.39 is 0 Å². The molecule has 0 radical (unpaired) electrons. The molecule has 0 spiro atoms. The van der Waals surface area contributed by atoms with Crippen LogP contribution in [-0.4, -0.2) is 38.8 Å². The number of aromatic nitrogens is 2. The first-order valence-electron chi connectivity index (χ1n) is 6.53. The zero-order chi connectivity index (χ0) is 12.5. The molecule has 0 amide bonds. The molecule has 0 bridgehead atoms. The van der Waals surface area contributed by atoms with Crippen molar-refractivity contribution in [2.24, 2.45) is 7.05 Å². The summed E-state index contributed by atoms with van der Waals surface area (Å²) in [5.41, 5.74) is 3.52. The van der Waals surface area contributed by atoms with Gasteiger partial charge < -0.3 is 9.67 Å². The number of aliphatic hydroxyl groups is 1. The van der Waals surface area contributed by atoms with E-state index in [0.717, 1.165) is 25.0 Å². The van der Waals surface area contributed by atoms with Crippen LogP contribution in [0.25, 0.3) is 11.0 Å². The first kappa shape index (κ1) is 11.7. The second kappa shape index (κ2) is 4.71. The van der Waals surface area contributed by atoms with Crippen molar-refractivity contribution < 1.29 is 5.11 Å². The zero-order valence-electron chi connectivity index (χ0n) is 10.7. The zero-order valence-corrected chi connectivity index (χ0v) is 10.7. The molecular weight excluding hydrogens is 226 g/mol. The lowest BCUT2D eigenvalue weighted by Crippen LogP contribution is -2.31. The fourth-order valence-electron chi connectivity index (χ4n) is 2.87. The minimum Gasteiger partial charge on any atom is -0.395 e. The molecule has 4 heteroatoms. The Morgan fingerprint density at radius 3 is 3.17 bits per heavy atom. The van der Waals surface area contributed by atoms with Crippen molar-refractivity contribution in [3.05, 3.63) is 30.1 Å². The maximum atomic E-state index is 9.37. The minimum atomic E-state index is 0.262. The number of likely N-dealkylation sites (tertiary alicyclic amines) is 1. The van der Waals surface area contributed by atoms with Crippen molar-refractivity contribution >= 4 is 11.0 Å². The molecule has 0 aliphatic carbocycles. The van der Waals surface area contributed by atoms with E-state index in [9.17, 15) is 5.11 Å². The summed E-state index contributed by atoms with van der Waals surface area (Å²) in [7, 11) is 2.02. The van der Waals surface area contributed by atoms with E-state index in [1.54, 1.807) is 0 Å². The maximum absolute atomic E-state index is 9.37. The third kappa shape index (κ3) is 1.91. The molecule has 2 aromatic rings. The quantitative estimate of drug-likeness (QED) is 0.891. The lowest BCUT2D eigenvalue weighted by atomic mass is 10.1. The molecule has 18 heavy (non-hydrogen) atoms. The van der Waals surface area contributed by atoms with Gasteiger partial charge in [-0.15, -0.1) is 0 Å². The fourth-order valence-corrected chi connectivity index (χ4v) is 2.87. The first-order chi connectivity index (χ1) is 8.79. The van der Waals surface area contributed by atoms with Gasteiger partial charge in [-0.25, -0.2) is 4.98 Å². The van der Waals surface area contributed by atoms with Crippen LogP contribution in [0.5, 0.6) is 0 Å². The van der Waals surface area contributed by atoms with Crippen molar-refractivity contribution in [1.29, 1.82) is 0 Å². The highest BCUT2D eigenvalue weighted by molar-refractivity contribution is 5.78. The van der Waals surface area contributed by atoms with Gasteiger partial charge in [-0.05, 0) is 31.0 Å². The molecule has 1 aliphatic heterocycles. The minimum absolute atomic E-state index is 0.262. The molecular formula is C14H19N3O. The Labute approximate surface area is 107 Å². The van der Waals surface area contributed by atoms with Crippen LogP contribution in [0.4, 0.5) is 0 Å². The molecule has 0 unspecified atom stereocenters. The van der Waals surface area contributed by atoms with Crippen molar-refractivity contribution in [3.8, 4) is 0 Å². The van der Waals surface area contributed by atoms with E-state index in [2.05, 4.69) is 28.1 Å². The molecule has 1 aromatic carbocycles. The summed E-state index contributed by atoms with van der Waals surface area (Å²) in [6.07, 6.45) is 4.15. The monoisotopic (exact) mass is 245 g/mol. The predicted octanol–water partition coefficient (Wildman–Crippen LogP) is 1.53. The topological polar surface area (TPSA) is 41.3 Å². The highest BCUT2D eigenvalue weighted by Gasteiger charge is 2.24. The van der Waals surface area contributed by atoms with Gasteiger partial charge in [0.15, 0.2) is 0 Å². The highest BCUT2D eigenvalue weighted by atomic mass is 16.3. The summed E-state index contributed by atoms with van der Waals surface area (Å²) >= 11 is 0. The predicted molar refractivity (Wildman–Crippen MR) is 71.2 cm³/mol. The Bertz CT molecular complexity index is 549. The number of para-hydroxylation sites is 1. The summed E-state index contributed by atoms with van der Waals surface area (Å²) in [4.78, 5) is 6.85. The van der Waals surface area contributed by atoms with Gasteiger partial charge in [0.25, 0.3) is 0 Å². The molecule has 4 nitrogen and oxygen atoms in total. The molecule has 1 aromatic heterocycles. The van der Waals surface area contributed by atoms with Crippen LogP contribution in [0, 0.1) is 0 Å². The van der Waals surface area contributed by atoms with Crippen LogP contribution < -0.4 is 0 Å². The molecule has 96 valence electrons. The summed E-state index contributed by atoms with van der Waals surface area (Å²) in [5, 5.41) is 9.37. The lowest BCUT2D eigenvalue weighted by Gasteiger charge is -2.22. The number of imidazole rings is 1. The summed E-state index contributed by atoms with van der Waals surface area (Å²) in [6, 6.07) is 6.65. The van der Waals surface area contributed by atoms with Gasteiger partial charge in [0.1, 0.15) is 0 Å². The van der Waals surface area contributed by atoms with Gasteiger partial charge in [-0.3, -0.25) is 4.90 Å². The number of fused-ring (bicyclic) bond motifs is 1. The van der Waals surface area contributed by atoms with Crippen LogP contribution in [0.3, 0.4) is 0 Å². The largest absolute Gasteiger partial charge is 0.395 e. The van der Waals surface area contributed by atoms with Crippen LogP contribution in [0.1, 0.15) is 18.4 Å². The van der Waals surface area contributed by atoms with E-state index in [1.165, 1.54) is 17.5 Å². The van der Waals surface area contributed by atoms with Gasteiger partial charge in [-0.1, -0.05) is 12.1 Å². The Hall–Kier alpha value is -1.39. The summed E-state index contributed by atoms with van der Waals surface area (Å²) in [5.74, 6) is 0. The molecule has 1 fully saturated rings. The van der Waals surface area contributed by atoms with Crippen LogP contribution in [0.15, 0.2) is 24.5 Å². The van der Waals surface area contributed by atoms with Crippen molar-refractivity contribution in [1.82, 2.24) is 14.5 Å². The summed E-state index contributed by atoms with van der Waals surface area (Å²) in [6.45, 7) is 2.23. The van der Waals surface area contributed by atoms with E-state index in [0.29, 0.717) is 6.04 Å². The molecule has 0 saturated carbocycles. The van der Waals surface area contributed by atoms with Crippen molar-refractivity contribution in [2.45, 2.75) is 25.4 Å². The van der Waals surface area contributed by atoms with E-state index in [4.69, 9.17) is 0 Å². The maximum Gasteiger partial charge on any atom is 0.0955 e.